The first-order chi connectivity index (χ1) is 12.5. The number of halogens is 2. The maximum Gasteiger partial charge on any atom is 0.191 e. The molecule has 3 rings (SSSR count). The van der Waals surface area contributed by atoms with Crippen LogP contribution >= 0.6 is 35.6 Å². The first-order valence-electron chi connectivity index (χ1n) is 9.50. The summed E-state index contributed by atoms with van der Waals surface area (Å²) in [5, 5.41) is 7.62. The van der Waals surface area contributed by atoms with Crippen molar-refractivity contribution in [3.05, 3.63) is 34.9 Å². The van der Waals surface area contributed by atoms with Gasteiger partial charge in [-0.1, -0.05) is 49.1 Å². The van der Waals surface area contributed by atoms with E-state index in [9.17, 15) is 8.42 Å². The number of sulfone groups is 1. The molecule has 2 aliphatic rings. The quantitative estimate of drug-likeness (QED) is 0.349. The van der Waals surface area contributed by atoms with Gasteiger partial charge in [0.2, 0.25) is 0 Å². The summed E-state index contributed by atoms with van der Waals surface area (Å²) in [6.07, 6.45) is 6.84. The number of hydrogen-bond acceptors (Lipinski definition) is 3. The van der Waals surface area contributed by atoms with Crippen LogP contribution in [-0.4, -0.2) is 38.5 Å². The maximum absolute atomic E-state index is 11.7. The molecule has 1 saturated carbocycles. The van der Waals surface area contributed by atoms with Gasteiger partial charge >= 0.3 is 0 Å². The summed E-state index contributed by atoms with van der Waals surface area (Å²) in [6, 6.07) is 8.16. The summed E-state index contributed by atoms with van der Waals surface area (Å²) in [5.74, 6) is 1.52. The highest BCUT2D eigenvalue weighted by atomic mass is 127. The normalized spacial score (nSPS) is 22.9. The minimum absolute atomic E-state index is 0. The van der Waals surface area contributed by atoms with E-state index in [0.29, 0.717) is 24.9 Å². The molecule has 0 spiro atoms. The summed E-state index contributed by atoms with van der Waals surface area (Å²) in [7, 11) is -2.85. The largest absolute Gasteiger partial charge is 0.356 e. The van der Waals surface area contributed by atoms with Crippen LogP contribution in [0.4, 0.5) is 0 Å². The minimum atomic E-state index is -2.85. The number of hydrogen-bond donors (Lipinski definition) is 2. The summed E-state index contributed by atoms with van der Waals surface area (Å²) in [6.45, 7) is 1.14. The fourth-order valence-corrected chi connectivity index (χ4v) is 5.72. The van der Waals surface area contributed by atoms with E-state index in [-0.39, 0.29) is 35.6 Å². The van der Waals surface area contributed by atoms with Crippen LogP contribution in [0.5, 0.6) is 0 Å². The zero-order valence-corrected chi connectivity index (χ0v) is 19.4. The van der Waals surface area contributed by atoms with Crippen LogP contribution in [-0.2, 0) is 16.4 Å². The second-order valence-electron chi connectivity index (χ2n) is 7.39. The zero-order chi connectivity index (χ0) is 18.4. The molecule has 1 aliphatic carbocycles. The predicted octanol–water partition coefficient (Wildman–Crippen LogP) is 3.76. The van der Waals surface area contributed by atoms with Crippen molar-refractivity contribution in [2.75, 3.05) is 18.1 Å². The van der Waals surface area contributed by atoms with Gasteiger partial charge in [-0.25, -0.2) is 13.4 Å². The first kappa shape index (κ1) is 22.7. The third-order valence-electron chi connectivity index (χ3n) is 5.20. The van der Waals surface area contributed by atoms with Crippen molar-refractivity contribution >= 4 is 51.4 Å². The van der Waals surface area contributed by atoms with Gasteiger partial charge in [0.1, 0.15) is 0 Å². The summed E-state index contributed by atoms with van der Waals surface area (Å²) in [4.78, 5) is 4.71. The lowest BCUT2D eigenvalue weighted by Gasteiger charge is -2.25. The van der Waals surface area contributed by atoms with E-state index in [1.807, 2.05) is 24.3 Å². The molecular formula is C19H29ClIN3O2S. The van der Waals surface area contributed by atoms with Crippen LogP contribution in [0, 0.1) is 5.92 Å². The van der Waals surface area contributed by atoms with Gasteiger partial charge in [-0.15, -0.1) is 24.0 Å². The van der Waals surface area contributed by atoms with Crippen LogP contribution in [0.2, 0.25) is 5.02 Å². The minimum Gasteiger partial charge on any atom is -0.356 e. The Balaban J connectivity index is 0.00000261. The molecule has 27 heavy (non-hydrogen) atoms. The Bertz CT molecular complexity index is 736. The van der Waals surface area contributed by atoms with Gasteiger partial charge in [-0.2, -0.15) is 0 Å². The average molecular weight is 526 g/mol. The van der Waals surface area contributed by atoms with Gasteiger partial charge in [0.05, 0.1) is 18.1 Å². The number of guanidine groups is 1. The number of aliphatic imine (C=N–C) groups is 1. The molecule has 2 fully saturated rings. The van der Waals surface area contributed by atoms with E-state index >= 15 is 0 Å². The lowest BCUT2D eigenvalue weighted by molar-refractivity contribution is 0.408. The predicted molar refractivity (Wildman–Crippen MR) is 123 cm³/mol. The van der Waals surface area contributed by atoms with E-state index in [1.165, 1.54) is 19.3 Å². The highest BCUT2D eigenvalue weighted by Gasteiger charge is 2.28. The fourth-order valence-electron chi connectivity index (χ4n) is 3.66. The lowest BCUT2D eigenvalue weighted by Crippen LogP contribution is -2.45. The van der Waals surface area contributed by atoms with Crippen molar-refractivity contribution in [1.29, 1.82) is 0 Å². The molecule has 1 unspecified atom stereocenters. The Morgan fingerprint density at radius 2 is 1.89 bits per heavy atom. The van der Waals surface area contributed by atoms with E-state index in [1.54, 1.807) is 0 Å². The Morgan fingerprint density at radius 3 is 2.56 bits per heavy atom. The molecule has 5 nitrogen and oxygen atoms in total. The highest BCUT2D eigenvalue weighted by molar-refractivity contribution is 14.0. The van der Waals surface area contributed by atoms with Gasteiger partial charge in [0.15, 0.2) is 15.8 Å². The third-order valence-corrected chi connectivity index (χ3v) is 7.40. The highest BCUT2D eigenvalue weighted by Crippen LogP contribution is 2.19. The zero-order valence-electron chi connectivity index (χ0n) is 15.5. The van der Waals surface area contributed by atoms with Gasteiger partial charge in [0, 0.05) is 17.6 Å². The second-order valence-corrected chi connectivity index (χ2v) is 10.0. The molecule has 2 N–H and O–H groups in total. The monoisotopic (exact) mass is 525 g/mol. The lowest BCUT2D eigenvalue weighted by atomic mass is 9.96. The van der Waals surface area contributed by atoms with E-state index in [2.05, 4.69) is 10.6 Å². The van der Waals surface area contributed by atoms with Crippen molar-refractivity contribution in [2.24, 2.45) is 10.9 Å². The Hall–Kier alpha value is -0.540. The molecular weight excluding hydrogens is 497 g/mol. The van der Waals surface area contributed by atoms with Gasteiger partial charge in [0.25, 0.3) is 0 Å². The Morgan fingerprint density at radius 1 is 1.15 bits per heavy atom. The molecule has 1 aromatic carbocycles. The fraction of sp³-hybridized carbons (Fsp3) is 0.632. The van der Waals surface area contributed by atoms with Crippen LogP contribution in [0.15, 0.2) is 29.3 Å². The number of nitrogens with zero attached hydrogens (tertiary/aromatic N) is 1. The van der Waals surface area contributed by atoms with E-state index in [4.69, 9.17) is 16.6 Å². The SMILES string of the molecule is I.O=S1(=O)CCC(CNC(=NCc2ccccc2Cl)NC2CCCCC2)C1. The van der Waals surface area contributed by atoms with E-state index in [0.717, 1.165) is 35.8 Å². The molecule has 1 saturated heterocycles. The van der Waals surface area contributed by atoms with Gasteiger partial charge in [-0.3, -0.25) is 0 Å². The number of benzene rings is 1. The van der Waals surface area contributed by atoms with Crippen molar-refractivity contribution in [3.63, 3.8) is 0 Å². The van der Waals surface area contributed by atoms with Crippen molar-refractivity contribution in [3.8, 4) is 0 Å². The molecule has 1 aliphatic heterocycles. The summed E-state index contributed by atoms with van der Waals surface area (Å²) >= 11 is 6.23. The molecule has 0 amide bonds. The maximum atomic E-state index is 11.7. The average Bonchev–Trinajstić information content (AvgIpc) is 2.98. The topological polar surface area (TPSA) is 70.6 Å². The van der Waals surface area contributed by atoms with Crippen LogP contribution in [0.1, 0.15) is 44.1 Å². The number of rotatable bonds is 5. The Kier molecular flexibility index (Phi) is 9.14. The van der Waals surface area contributed by atoms with Gasteiger partial charge < -0.3 is 10.6 Å². The third kappa shape index (κ3) is 7.42. The smallest absolute Gasteiger partial charge is 0.191 e. The molecule has 152 valence electrons. The van der Waals surface area contributed by atoms with E-state index < -0.39 is 9.84 Å². The Labute approximate surface area is 184 Å². The van der Waals surface area contributed by atoms with Crippen LogP contribution in [0.3, 0.4) is 0 Å². The second kappa shape index (κ2) is 10.9. The summed E-state index contributed by atoms with van der Waals surface area (Å²) < 4.78 is 23.3. The van der Waals surface area contributed by atoms with Crippen molar-refractivity contribution < 1.29 is 8.42 Å². The molecule has 1 aromatic rings. The number of nitrogens with one attached hydrogen (secondary N) is 2. The molecule has 1 atom stereocenters. The first-order valence-corrected chi connectivity index (χ1v) is 11.7. The molecule has 1 heterocycles. The standard InChI is InChI=1S/C19H28ClN3O2S.HI/c20-18-9-5-4-6-16(18)13-22-19(23-17-7-2-1-3-8-17)21-12-15-10-11-26(24,25)14-15;/h4-6,9,15,17H,1-3,7-8,10-14H2,(H2,21,22,23);1H. The molecule has 0 bridgehead atoms. The molecule has 8 heteroatoms. The van der Waals surface area contributed by atoms with Crippen LogP contribution in [0.25, 0.3) is 0 Å². The van der Waals surface area contributed by atoms with Gasteiger partial charge in [-0.05, 0) is 36.8 Å². The summed E-state index contributed by atoms with van der Waals surface area (Å²) in [5.41, 5.74) is 0.988. The molecule has 0 aromatic heterocycles. The molecule has 0 radical (unpaired) electrons. The van der Waals surface area contributed by atoms with Crippen LogP contribution < -0.4 is 10.6 Å². The van der Waals surface area contributed by atoms with Crippen molar-refractivity contribution in [2.45, 2.75) is 51.1 Å². The van der Waals surface area contributed by atoms with Crippen molar-refractivity contribution in [1.82, 2.24) is 10.6 Å².